The number of imidazole rings is 1. The lowest BCUT2D eigenvalue weighted by molar-refractivity contribution is 0.0693. The number of carboxylic acids is 1. The van der Waals surface area contributed by atoms with Crippen molar-refractivity contribution in [3.63, 3.8) is 0 Å². The summed E-state index contributed by atoms with van der Waals surface area (Å²) in [5, 5.41) is 17.9. The highest BCUT2D eigenvalue weighted by molar-refractivity contribution is 5.94. The Bertz CT molecular complexity index is 547. The number of nitrogen functional groups attached to an aromatic ring is 1. The highest BCUT2D eigenvalue weighted by atomic mass is 16.4. The zero-order chi connectivity index (χ0) is 11.7. The molecule has 0 radical (unpaired) electrons. The fourth-order valence-electron chi connectivity index (χ4n) is 1.66. The third-order valence-electron chi connectivity index (χ3n) is 2.30. The topological polar surface area (TPSA) is 101 Å². The first-order valence-corrected chi connectivity index (χ1v) is 4.75. The Labute approximate surface area is 91.0 Å². The summed E-state index contributed by atoms with van der Waals surface area (Å²) in [5.74, 6) is -0.249. The number of carboxylic acid groups (broad SMARTS) is 1. The molecule has 84 valence electrons. The van der Waals surface area contributed by atoms with E-state index in [0.717, 1.165) is 0 Å². The van der Waals surface area contributed by atoms with Gasteiger partial charge in [0.1, 0.15) is 11.6 Å². The van der Waals surface area contributed by atoms with Crippen LogP contribution < -0.4 is 5.73 Å². The van der Waals surface area contributed by atoms with Crippen LogP contribution in [-0.4, -0.2) is 32.2 Å². The molecule has 6 nitrogen and oxygen atoms in total. The smallest absolute Gasteiger partial charge is 0.356 e. The van der Waals surface area contributed by atoms with Crippen LogP contribution in [-0.2, 0) is 6.42 Å². The number of nitrogens with zero attached hydrogens (tertiary/aromatic N) is 2. The fraction of sp³-hybridized carbons (Fsp3) is 0.200. The van der Waals surface area contributed by atoms with Gasteiger partial charge >= 0.3 is 5.97 Å². The van der Waals surface area contributed by atoms with Gasteiger partial charge in [0.2, 0.25) is 0 Å². The lowest BCUT2D eigenvalue weighted by Gasteiger charge is -2.02. The summed E-state index contributed by atoms with van der Waals surface area (Å²) < 4.78 is 1.54. The van der Waals surface area contributed by atoms with Gasteiger partial charge in [-0.15, -0.1) is 0 Å². The molecule has 2 aromatic rings. The monoisotopic (exact) mass is 221 g/mol. The normalized spacial score (nSPS) is 10.8. The van der Waals surface area contributed by atoms with E-state index < -0.39 is 5.97 Å². The number of aromatic carboxylic acids is 1. The molecule has 0 aliphatic heterocycles. The van der Waals surface area contributed by atoms with E-state index in [2.05, 4.69) is 4.98 Å². The molecule has 4 N–H and O–H groups in total. The van der Waals surface area contributed by atoms with Crippen molar-refractivity contribution < 1.29 is 15.0 Å². The molecule has 0 aliphatic rings. The highest BCUT2D eigenvalue weighted by Gasteiger charge is 2.17. The first kappa shape index (κ1) is 10.4. The summed E-state index contributed by atoms with van der Waals surface area (Å²) in [4.78, 5) is 14.9. The molecule has 0 bridgehead atoms. The summed E-state index contributed by atoms with van der Waals surface area (Å²) >= 11 is 0. The third-order valence-corrected chi connectivity index (χ3v) is 2.30. The van der Waals surface area contributed by atoms with Gasteiger partial charge in [0, 0.05) is 6.42 Å². The van der Waals surface area contributed by atoms with Crippen LogP contribution in [0.15, 0.2) is 18.2 Å². The number of rotatable bonds is 3. The van der Waals surface area contributed by atoms with Crippen molar-refractivity contribution in [2.45, 2.75) is 6.42 Å². The average molecular weight is 221 g/mol. The average Bonchev–Trinajstić information content (AvgIpc) is 2.59. The summed E-state index contributed by atoms with van der Waals surface area (Å²) in [5.41, 5.74) is 6.14. The third kappa shape index (κ3) is 1.49. The number of pyridine rings is 1. The largest absolute Gasteiger partial charge is 0.476 e. The molecule has 2 heterocycles. The Kier molecular flexibility index (Phi) is 2.49. The summed E-state index contributed by atoms with van der Waals surface area (Å²) in [6, 6.07) is 4.95. The van der Waals surface area contributed by atoms with Crippen molar-refractivity contribution in [1.29, 1.82) is 0 Å². The first-order chi connectivity index (χ1) is 7.65. The van der Waals surface area contributed by atoms with Gasteiger partial charge in [0.15, 0.2) is 5.69 Å². The number of aliphatic hydroxyl groups excluding tert-OH is 1. The second kappa shape index (κ2) is 3.82. The number of hydrogen-bond donors (Lipinski definition) is 3. The fourth-order valence-corrected chi connectivity index (χ4v) is 1.66. The molecule has 0 aromatic carbocycles. The molecule has 0 saturated heterocycles. The van der Waals surface area contributed by atoms with Gasteiger partial charge in [-0.05, 0) is 12.1 Å². The minimum absolute atomic E-state index is 0.0456. The Hall–Kier alpha value is -2.08. The molecule has 16 heavy (non-hydrogen) atoms. The van der Waals surface area contributed by atoms with Gasteiger partial charge in [-0.1, -0.05) is 6.07 Å². The minimum atomic E-state index is -1.10. The molecule has 0 saturated carbocycles. The van der Waals surface area contributed by atoms with Crippen molar-refractivity contribution in [3.05, 3.63) is 29.7 Å². The standard InChI is InChI=1S/C10H11N3O3/c11-7-3-1-2-6-9(10(15)16)12-8(4-5-14)13(6)7/h1-3,14H,4-5,11H2,(H,15,16). The zero-order valence-corrected chi connectivity index (χ0v) is 8.42. The molecule has 0 atom stereocenters. The van der Waals surface area contributed by atoms with Crippen molar-refractivity contribution >= 4 is 17.3 Å². The molecular formula is C10H11N3O3. The Morgan fingerprint density at radius 1 is 1.50 bits per heavy atom. The summed E-state index contributed by atoms with van der Waals surface area (Å²) in [6.45, 7) is -0.105. The Balaban J connectivity index is 2.76. The van der Waals surface area contributed by atoms with Crippen molar-refractivity contribution in [1.82, 2.24) is 9.38 Å². The van der Waals surface area contributed by atoms with Crippen LogP contribution >= 0.6 is 0 Å². The number of fused-ring (bicyclic) bond motifs is 1. The number of anilines is 1. The zero-order valence-electron chi connectivity index (χ0n) is 8.42. The van der Waals surface area contributed by atoms with Crippen molar-refractivity contribution in [3.8, 4) is 0 Å². The maximum atomic E-state index is 11.0. The van der Waals surface area contributed by atoms with Crippen LogP contribution in [0.1, 0.15) is 16.3 Å². The van der Waals surface area contributed by atoms with Gasteiger partial charge in [-0.25, -0.2) is 9.78 Å². The Morgan fingerprint density at radius 3 is 2.88 bits per heavy atom. The van der Waals surface area contributed by atoms with Crippen molar-refractivity contribution in [2.24, 2.45) is 0 Å². The lowest BCUT2D eigenvalue weighted by atomic mass is 10.3. The predicted molar refractivity (Wildman–Crippen MR) is 57.4 cm³/mol. The molecule has 2 rings (SSSR count). The number of aliphatic hydroxyl groups is 1. The van der Waals surface area contributed by atoms with E-state index in [1.807, 2.05) is 0 Å². The van der Waals surface area contributed by atoms with Gasteiger partial charge in [0.05, 0.1) is 12.1 Å². The highest BCUT2D eigenvalue weighted by Crippen LogP contribution is 2.17. The van der Waals surface area contributed by atoms with E-state index in [0.29, 0.717) is 17.2 Å². The van der Waals surface area contributed by atoms with Crippen LogP contribution in [0.2, 0.25) is 0 Å². The molecule has 0 aliphatic carbocycles. The van der Waals surface area contributed by atoms with E-state index in [1.165, 1.54) is 0 Å². The van der Waals surface area contributed by atoms with Crippen LogP contribution in [0.5, 0.6) is 0 Å². The van der Waals surface area contributed by atoms with Gasteiger partial charge in [-0.3, -0.25) is 4.40 Å². The van der Waals surface area contributed by atoms with E-state index in [4.69, 9.17) is 15.9 Å². The molecule has 6 heteroatoms. The predicted octanol–water partition coefficient (Wildman–Crippen LogP) is 0.149. The second-order valence-corrected chi connectivity index (χ2v) is 3.33. The van der Waals surface area contributed by atoms with E-state index in [-0.39, 0.29) is 18.7 Å². The maximum Gasteiger partial charge on any atom is 0.356 e. The molecule has 2 aromatic heterocycles. The SMILES string of the molecule is Nc1cccc2c(C(=O)O)nc(CCO)n12. The molecule has 0 spiro atoms. The minimum Gasteiger partial charge on any atom is -0.476 e. The maximum absolute atomic E-state index is 11.0. The van der Waals surface area contributed by atoms with E-state index in [9.17, 15) is 4.79 Å². The van der Waals surface area contributed by atoms with Gasteiger partial charge in [0.25, 0.3) is 0 Å². The lowest BCUT2D eigenvalue weighted by Crippen LogP contribution is -2.02. The Morgan fingerprint density at radius 2 is 2.25 bits per heavy atom. The quantitative estimate of drug-likeness (QED) is 0.684. The van der Waals surface area contributed by atoms with Crippen LogP contribution in [0.25, 0.3) is 5.52 Å². The number of hydrogen-bond acceptors (Lipinski definition) is 4. The summed E-state index contributed by atoms with van der Waals surface area (Å²) in [7, 11) is 0. The molecular weight excluding hydrogens is 210 g/mol. The van der Waals surface area contributed by atoms with Gasteiger partial charge in [-0.2, -0.15) is 0 Å². The van der Waals surface area contributed by atoms with E-state index in [1.54, 1.807) is 22.6 Å². The molecule has 0 amide bonds. The summed E-state index contributed by atoms with van der Waals surface area (Å²) in [6.07, 6.45) is 0.267. The van der Waals surface area contributed by atoms with Crippen LogP contribution in [0.3, 0.4) is 0 Å². The molecule has 0 fully saturated rings. The number of aromatic nitrogens is 2. The molecule has 0 unspecified atom stereocenters. The van der Waals surface area contributed by atoms with E-state index >= 15 is 0 Å². The van der Waals surface area contributed by atoms with Gasteiger partial charge < -0.3 is 15.9 Å². The van der Waals surface area contributed by atoms with Crippen LogP contribution in [0.4, 0.5) is 5.82 Å². The number of nitrogens with two attached hydrogens (primary N) is 1. The second-order valence-electron chi connectivity index (χ2n) is 3.33. The number of carbonyl (C=O) groups is 1. The van der Waals surface area contributed by atoms with Crippen molar-refractivity contribution in [2.75, 3.05) is 12.3 Å². The first-order valence-electron chi connectivity index (χ1n) is 4.75. The van der Waals surface area contributed by atoms with Crippen LogP contribution in [0, 0.1) is 0 Å².